The molecule has 2 nitrogen and oxygen atoms in total. The number of hydrogen-bond acceptors (Lipinski definition) is 1. The lowest BCUT2D eigenvalue weighted by Crippen LogP contribution is -2.19. The van der Waals surface area contributed by atoms with Gasteiger partial charge in [-0.05, 0) is 48.2 Å². The average molecular weight is 327 g/mol. The minimum atomic E-state index is -0.968. The molecule has 0 aromatic heterocycles. The van der Waals surface area contributed by atoms with Crippen molar-refractivity contribution in [2.24, 2.45) is 5.92 Å². The van der Waals surface area contributed by atoms with Gasteiger partial charge in [-0.1, -0.05) is 41.4 Å². The molecule has 21 heavy (non-hydrogen) atoms. The molecule has 0 aliphatic carbocycles. The van der Waals surface area contributed by atoms with Crippen LogP contribution in [0.2, 0.25) is 10.0 Å². The van der Waals surface area contributed by atoms with Crippen LogP contribution in [0.15, 0.2) is 42.5 Å². The number of carboxylic acids is 1. The van der Waals surface area contributed by atoms with Gasteiger partial charge in [-0.15, -0.1) is 0 Å². The largest absolute Gasteiger partial charge is 0.481 e. The van der Waals surface area contributed by atoms with E-state index in [9.17, 15) is 14.3 Å². The molecule has 1 atom stereocenters. The van der Waals surface area contributed by atoms with Gasteiger partial charge in [-0.25, -0.2) is 4.39 Å². The molecule has 0 spiro atoms. The van der Waals surface area contributed by atoms with Crippen molar-refractivity contribution in [3.05, 3.63) is 69.5 Å². The van der Waals surface area contributed by atoms with Crippen molar-refractivity contribution in [1.29, 1.82) is 0 Å². The smallest absolute Gasteiger partial charge is 0.307 e. The Morgan fingerprint density at radius 3 is 2.43 bits per heavy atom. The van der Waals surface area contributed by atoms with Crippen LogP contribution < -0.4 is 0 Å². The van der Waals surface area contributed by atoms with E-state index in [-0.39, 0.29) is 17.9 Å². The Kier molecular flexibility index (Phi) is 5.21. The standard InChI is InChI=1S/C16H13Cl2FO2/c17-13-3-1-2-10(7-13)6-12(16(20)21)8-11-4-5-14(18)9-15(11)19/h1-5,7,9,12H,6,8H2,(H,20,21). The summed E-state index contributed by atoms with van der Waals surface area (Å²) >= 11 is 11.6. The highest BCUT2D eigenvalue weighted by Gasteiger charge is 2.20. The van der Waals surface area contributed by atoms with Crippen LogP contribution in [-0.2, 0) is 17.6 Å². The molecule has 1 unspecified atom stereocenters. The van der Waals surface area contributed by atoms with Crippen molar-refractivity contribution in [3.63, 3.8) is 0 Å². The summed E-state index contributed by atoms with van der Waals surface area (Å²) in [6, 6.07) is 11.3. The number of hydrogen-bond donors (Lipinski definition) is 1. The molecule has 0 aliphatic heterocycles. The van der Waals surface area contributed by atoms with Gasteiger partial charge in [0.2, 0.25) is 0 Å². The molecule has 0 heterocycles. The molecule has 2 aromatic carbocycles. The van der Waals surface area contributed by atoms with Crippen LogP contribution in [0.4, 0.5) is 4.39 Å². The first kappa shape index (κ1) is 15.8. The number of halogens is 3. The Hall–Kier alpha value is -1.58. The zero-order valence-corrected chi connectivity index (χ0v) is 12.5. The van der Waals surface area contributed by atoms with Crippen molar-refractivity contribution in [3.8, 4) is 0 Å². The van der Waals surface area contributed by atoms with Crippen LogP contribution >= 0.6 is 23.2 Å². The minimum absolute atomic E-state index is 0.102. The average Bonchev–Trinajstić information content (AvgIpc) is 2.40. The Labute approximate surface area is 132 Å². The SMILES string of the molecule is O=C(O)C(Cc1cccc(Cl)c1)Cc1ccc(Cl)cc1F. The second-order valence-electron chi connectivity index (χ2n) is 4.81. The quantitative estimate of drug-likeness (QED) is 0.870. The molecule has 2 rings (SSSR count). The van der Waals surface area contributed by atoms with Crippen molar-refractivity contribution < 1.29 is 14.3 Å². The Morgan fingerprint density at radius 2 is 1.81 bits per heavy atom. The monoisotopic (exact) mass is 326 g/mol. The van der Waals surface area contributed by atoms with Gasteiger partial charge in [-0.2, -0.15) is 0 Å². The van der Waals surface area contributed by atoms with E-state index in [0.29, 0.717) is 10.6 Å². The van der Waals surface area contributed by atoms with E-state index in [1.807, 2.05) is 0 Å². The molecule has 0 bridgehead atoms. The summed E-state index contributed by atoms with van der Waals surface area (Å²) in [7, 11) is 0. The highest BCUT2D eigenvalue weighted by atomic mass is 35.5. The molecule has 0 fully saturated rings. The van der Waals surface area contributed by atoms with E-state index >= 15 is 0 Å². The molecule has 0 amide bonds. The van der Waals surface area contributed by atoms with Crippen molar-refractivity contribution in [2.75, 3.05) is 0 Å². The van der Waals surface area contributed by atoms with Gasteiger partial charge in [-0.3, -0.25) is 4.79 Å². The highest BCUT2D eigenvalue weighted by Crippen LogP contribution is 2.21. The van der Waals surface area contributed by atoms with Crippen molar-refractivity contribution >= 4 is 29.2 Å². The fraction of sp³-hybridized carbons (Fsp3) is 0.188. The summed E-state index contributed by atoms with van der Waals surface area (Å²) in [5, 5.41) is 10.2. The first-order valence-electron chi connectivity index (χ1n) is 6.37. The zero-order chi connectivity index (χ0) is 15.4. The van der Waals surface area contributed by atoms with E-state index in [4.69, 9.17) is 23.2 Å². The maximum absolute atomic E-state index is 13.8. The van der Waals surface area contributed by atoms with E-state index in [1.54, 1.807) is 30.3 Å². The second-order valence-corrected chi connectivity index (χ2v) is 5.68. The van der Waals surface area contributed by atoms with Gasteiger partial charge < -0.3 is 5.11 Å². The maximum atomic E-state index is 13.8. The third kappa shape index (κ3) is 4.45. The molecular weight excluding hydrogens is 314 g/mol. The molecule has 0 aliphatic rings. The van der Waals surface area contributed by atoms with Crippen LogP contribution in [0.5, 0.6) is 0 Å². The summed E-state index contributed by atoms with van der Waals surface area (Å²) < 4.78 is 13.8. The number of rotatable bonds is 5. The first-order valence-corrected chi connectivity index (χ1v) is 7.12. The van der Waals surface area contributed by atoms with Crippen LogP contribution in [-0.4, -0.2) is 11.1 Å². The topological polar surface area (TPSA) is 37.3 Å². The molecule has 2 aromatic rings. The molecule has 0 saturated carbocycles. The van der Waals surface area contributed by atoms with Crippen LogP contribution in [0.1, 0.15) is 11.1 Å². The molecule has 0 saturated heterocycles. The third-order valence-corrected chi connectivity index (χ3v) is 3.67. The zero-order valence-electron chi connectivity index (χ0n) is 11.0. The highest BCUT2D eigenvalue weighted by molar-refractivity contribution is 6.30. The number of carboxylic acid groups (broad SMARTS) is 1. The molecular formula is C16H13Cl2FO2. The Bertz CT molecular complexity index is 658. The van der Waals surface area contributed by atoms with Crippen LogP contribution in [0, 0.1) is 11.7 Å². The minimum Gasteiger partial charge on any atom is -0.481 e. The van der Waals surface area contributed by atoms with Crippen LogP contribution in [0.3, 0.4) is 0 Å². The van der Waals surface area contributed by atoms with Gasteiger partial charge in [0.05, 0.1) is 5.92 Å². The summed E-state index contributed by atoms with van der Waals surface area (Å²) in [4.78, 5) is 11.4. The number of benzene rings is 2. The summed E-state index contributed by atoms with van der Waals surface area (Å²) in [6.45, 7) is 0. The van der Waals surface area contributed by atoms with Gasteiger partial charge in [0.25, 0.3) is 0 Å². The van der Waals surface area contributed by atoms with Gasteiger partial charge >= 0.3 is 5.97 Å². The predicted molar refractivity (Wildman–Crippen MR) is 81.4 cm³/mol. The molecule has 1 N–H and O–H groups in total. The lowest BCUT2D eigenvalue weighted by Gasteiger charge is -2.13. The van der Waals surface area contributed by atoms with Gasteiger partial charge in [0.15, 0.2) is 0 Å². The van der Waals surface area contributed by atoms with Crippen LogP contribution in [0.25, 0.3) is 0 Å². The first-order chi connectivity index (χ1) is 9.95. The van der Waals surface area contributed by atoms with E-state index in [2.05, 4.69) is 0 Å². The van der Waals surface area contributed by atoms with E-state index in [1.165, 1.54) is 12.1 Å². The van der Waals surface area contributed by atoms with E-state index < -0.39 is 17.7 Å². The lowest BCUT2D eigenvalue weighted by atomic mass is 9.92. The Morgan fingerprint density at radius 1 is 1.10 bits per heavy atom. The fourth-order valence-corrected chi connectivity index (χ4v) is 2.52. The molecule has 5 heteroatoms. The number of carbonyl (C=O) groups is 1. The van der Waals surface area contributed by atoms with Crippen molar-refractivity contribution in [1.82, 2.24) is 0 Å². The fourth-order valence-electron chi connectivity index (χ4n) is 2.15. The number of aliphatic carboxylic acids is 1. The summed E-state index contributed by atoms with van der Waals surface area (Å²) in [5.41, 5.74) is 1.15. The van der Waals surface area contributed by atoms with Gasteiger partial charge in [0, 0.05) is 10.0 Å². The normalized spacial score (nSPS) is 12.1. The second kappa shape index (κ2) is 6.92. The maximum Gasteiger partial charge on any atom is 0.307 e. The third-order valence-electron chi connectivity index (χ3n) is 3.20. The summed E-state index contributed by atoms with van der Waals surface area (Å²) in [6.07, 6.45) is 0.392. The lowest BCUT2D eigenvalue weighted by molar-refractivity contribution is -0.141. The molecule has 110 valence electrons. The molecule has 0 radical (unpaired) electrons. The van der Waals surface area contributed by atoms with Crippen molar-refractivity contribution in [2.45, 2.75) is 12.8 Å². The van der Waals surface area contributed by atoms with Gasteiger partial charge in [0.1, 0.15) is 5.82 Å². The van der Waals surface area contributed by atoms with E-state index in [0.717, 1.165) is 5.56 Å². The Balaban J connectivity index is 2.18. The predicted octanol–water partition coefficient (Wildman–Crippen LogP) is 4.62. The summed E-state index contributed by atoms with van der Waals surface area (Å²) in [5.74, 6) is -2.18.